The number of halogens is 1. The van der Waals surface area contributed by atoms with Gasteiger partial charge in [0.05, 0.1) is 26.2 Å². The van der Waals surface area contributed by atoms with Gasteiger partial charge < -0.3 is 24.6 Å². The van der Waals surface area contributed by atoms with E-state index in [0.717, 1.165) is 41.5 Å². The summed E-state index contributed by atoms with van der Waals surface area (Å²) in [6, 6.07) is 20.6. The third-order valence-electron chi connectivity index (χ3n) is 7.11. The molecular weight excluding hydrogens is 445 g/mol. The molecule has 0 aliphatic carbocycles. The number of hydrogen-bond acceptors (Lipinski definition) is 5. The van der Waals surface area contributed by atoms with E-state index >= 15 is 0 Å². The van der Waals surface area contributed by atoms with E-state index in [1.54, 1.807) is 32.4 Å². The summed E-state index contributed by atoms with van der Waals surface area (Å²) in [5.41, 5.74) is 3.85. The molecule has 0 aromatic heterocycles. The number of carbonyl (C=O) groups excluding carboxylic acids is 1. The third kappa shape index (κ3) is 4.63. The van der Waals surface area contributed by atoms with Crippen molar-refractivity contribution in [3.8, 4) is 11.5 Å². The van der Waals surface area contributed by atoms with E-state index in [1.807, 2.05) is 18.2 Å². The Balaban J connectivity index is 1.41. The minimum Gasteiger partial charge on any atom is -0.497 e. The summed E-state index contributed by atoms with van der Waals surface area (Å²) in [6.07, 6.45) is 0.625. The molecule has 2 aliphatic heterocycles. The number of nitrogens with one attached hydrogen (secondary N) is 1. The largest absolute Gasteiger partial charge is 0.497 e. The molecule has 5 rings (SSSR count). The number of amides is 1. The number of nitrogens with zero attached hydrogens (tertiary/aromatic N) is 2. The fourth-order valence-corrected chi connectivity index (χ4v) is 5.19. The van der Waals surface area contributed by atoms with E-state index in [0.29, 0.717) is 18.5 Å². The second-order valence-corrected chi connectivity index (χ2v) is 9.02. The van der Waals surface area contributed by atoms with Crippen LogP contribution in [-0.2, 0) is 17.8 Å². The second kappa shape index (κ2) is 9.86. The number of carbonyl (C=O) groups is 1. The first-order valence-electron chi connectivity index (χ1n) is 11.9. The van der Waals surface area contributed by atoms with E-state index < -0.39 is 0 Å². The predicted molar refractivity (Wildman–Crippen MR) is 135 cm³/mol. The van der Waals surface area contributed by atoms with Gasteiger partial charge in [0, 0.05) is 49.2 Å². The maximum Gasteiger partial charge on any atom is 0.225 e. The Morgan fingerprint density at radius 3 is 2.49 bits per heavy atom. The lowest BCUT2D eigenvalue weighted by Crippen LogP contribution is -2.61. The molecule has 182 valence electrons. The number of rotatable bonds is 6. The van der Waals surface area contributed by atoms with Crippen molar-refractivity contribution < 1.29 is 18.7 Å². The van der Waals surface area contributed by atoms with Crippen LogP contribution in [0.1, 0.15) is 11.1 Å². The Bertz CT molecular complexity index is 1200. The highest BCUT2D eigenvalue weighted by molar-refractivity contribution is 5.82. The minimum absolute atomic E-state index is 0.0221. The molecule has 2 aliphatic rings. The Kier molecular flexibility index (Phi) is 6.49. The number of methoxy groups -OCH3 is 2. The minimum atomic E-state index is -0.307. The van der Waals surface area contributed by atoms with E-state index in [2.05, 4.69) is 39.4 Å². The molecule has 1 amide bonds. The molecule has 2 heterocycles. The van der Waals surface area contributed by atoms with Gasteiger partial charge in [-0.3, -0.25) is 4.79 Å². The lowest BCUT2D eigenvalue weighted by Gasteiger charge is -2.49. The summed E-state index contributed by atoms with van der Waals surface area (Å²) in [5.74, 6) is 1.00. The van der Waals surface area contributed by atoms with Crippen LogP contribution < -0.4 is 24.6 Å². The van der Waals surface area contributed by atoms with Gasteiger partial charge in [0.2, 0.25) is 5.91 Å². The SMILES string of the molecule is COc1ccc(N2CCN3c4cc(OC)ccc4C[C@@H](C(=O)NCc4ccccc4F)[C@H]3C2)cc1. The Hall–Kier alpha value is -3.74. The molecule has 35 heavy (non-hydrogen) atoms. The van der Waals surface area contributed by atoms with Crippen LogP contribution in [0, 0.1) is 11.7 Å². The summed E-state index contributed by atoms with van der Waals surface area (Å²) in [6.45, 7) is 2.50. The van der Waals surface area contributed by atoms with E-state index in [9.17, 15) is 9.18 Å². The standard InChI is InChI=1S/C28H30FN3O3/c1-34-22-11-8-21(9-12-22)31-13-14-32-26-16-23(35-2)10-7-19(26)15-24(27(32)18-31)28(33)30-17-20-5-3-4-6-25(20)29/h3-12,16,24,27H,13-15,17-18H2,1-2H3,(H,30,33)/t24-,27-/m1/s1. The molecule has 0 radical (unpaired) electrons. The van der Waals surface area contributed by atoms with Crippen molar-refractivity contribution >= 4 is 17.3 Å². The molecule has 0 bridgehead atoms. The summed E-state index contributed by atoms with van der Waals surface area (Å²) >= 11 is 0. The molecule has 0 spiro atoms. The van der Waals surface area contributed by atoms with E-state index in [-0.39, 0.29) is 30.2 Å². The summed E-state index contributed by atoms with van der Waals surface area (Å²) in [7, 11) is 3.33. The number of piperazine rings is 1. The highest BCUT2D eigenvalue weighted by Gasteiger charge is 2.41. The monoisotopic (exact) mass is 475 g/mol. The van der Waals surface area contributed by atoms with Gasteiger partial charge in [0.1, 0.15) is 17.3 Å². The molecule has 2 atom stereocenters. The number of ether oxygens (including phenoxy) is 2. The van der Waals surface area contributed by atoms with Crippen molar-refractivity contribution in [1.82, 2.24) is 5.32 Å². The molecule has 7 heteroatoms. The first-order valence-corrected chi connectivity index (χ1v) is 11.9. The summed E-state index contributed by atoms with van der Waals surface area (Å²) < 4.78 is 24.9. The van der Waals surface area contributed by atoms with Crippen LogP contribution in [0.15, 0.2) is 66.7 Å². The molecule has 0 unspecified atom stereocenters. The molecular formula is C28H30FN3O3. The Labute approximate surface area is 205 Å². The average molecular weight is 476 g/mol. The van der Waals surface area contributed by atoms with Gasteiger partial charge in [0.25, 0.3) is 0 Å². The van der Waals surface area contributed by atoms with Gasteiger partial charge >= 0.3 is 0 Å². The number of anilines is 2. The quantitative estimate of drug-likeness (QED) is 0.584. The topological polar surface area (TPSA) is 54.0 Å². The van der Waals surface area contributed by atoms with Crippen molar-refractivity contribution in [3.63, 3.8) is 0 Å². The molecule has 3 aromatic rings. The lowest BCUT2D eigenvalue weighted by atomic mass is 9.83. The van der Waals surface area contributed by atoms with Gasteiger partial charge in [0.15, 0.2) is 0 Å². The predicted octanol–water partition coefficient (Wildman–Crippen LogP) is 4.03. The fourth-order valence-electron chi connectivity index (χ4n) is 5.19. The molecule has 1 N–H and O–H groups in total. The third-order valence-corrected chi connectivity index (χ3v) is 7.11. The van der Waals surface area contributed by atoms with Gasteiger partial charge in [-0.25, -0.2) is 4.39 Å². The zero-order valence-corrected chi connectivity index (χ0v) is 20.0. The van der Waals surface area contributed by atoms with Gasteiger partial charge in [-0.1, -0.05) is 24.3 Å². The molecule has 3 aromatic carbocycles. The molecule has 1 fully saturated rings. The van der Waals surface area contributed by atoms with Crippen molar-refractivity contribution in [1.29, 1.82) is 0 Å². The fraction of sp³-hybridized carbons (Fsp3) is 0.321. The summed E-state index contributed by atoms with van der Waals surface area (Å²) in [5, 5.41) is 3.00. The Morgan fingerprint density at radius 1 is 1.00 bits per heavy atom. The molecule has 0 saturated carbocycles. The van der Waals surface area contributed by atoms with Crippen LogP contribution in [0.5, 0.6) is 11.5 Å². The van der Waals surface area contributed by atoms with Crippen molar-refractivity contribution in [3.05, 3.63) is 83.7 Å². The first-order chi connectivity index (χ1) is 17.1. The normalized spacial score (nSPS) is 18.9. The van der Waals surface area contributed by atoms with Crippen LogP contribution >= 0.6 is 0 Å². The van der Waals surface area contributed by atoms with Crippen LogP contribution in [0.2, 0.25) is 0 Å². The van der Waals surface area contributed by atoms with Crippen LogP contribution in [0.3, 0.4) is 0 Å². The van der Waals surface area contributed by atoms with Crippen LogP contribution in [0.4, 0.5) is 15.8 Å². The molecule has 1 saturated heterocycles. The zero-order chi connectivity index (χ0) is 24.4. The smallest absolute Gasteiger partial charge is 0.225 e. The number of hydrogen-bond donors (Lipinski definition) is 1. The zero-order valence-electron chi connectivity index (χ0n) is 20.0. The van der Waals surface area contributed by atoms with E-state index in [4.69, 9.17) is 9.47 Å². The van der Waals surface area contributed by atoms with Crippen LogP contribution in [0.25, 0.3) is 0 Å². The van der Waals surface area contributed by atoms with Gasteiger partial charge in [-0.2, -0.15) is 0 Å². The van der Waals surface area contributed by atoms with Crippen molar-refractivity contribution in [2.75, 3.05) is 43.7 Å². The van der Waals surface area contributed by atoms with Crippen molar-refractivity contribution in [2.24, 2.45) is 5.92 Å². The number of benzene rings is 3. The van der Waals surface area contributed by atoms with E-state index in [1.165, 1.54) is 6.07 Å². The maximum absolute atomic E-state index is 14.1. The summed E-state index contributed by atoms with van der Waals surface area (Å²) in [4.78, 5) is 18.1. The lowest BCUT2D eigenvalue weighted by molar-refractivity contribution is -0.126. The average Bonchev–Trinajstić information content (AvgIpc) is 2.91. The van der Waals surface area contributed by atoms with Crippen LogP contribution in [-0.4, -0.2) is 45.8 Å². The highest BCUT2D eigenvalue weighted by Crippen LogP contribution is 2.39. The van der Waals surface area contributed by atoms with Crippen molar-refractivity contribution in [2.45, 2.75) is 19.0 Å². The Morgan fingerprint density at radius 2 is 1.74 bits per heavy atom. The maximum atomic E-state index is 14.1. The second-order valence-electron chi connectivity index (χ2n) is 9.02. The van der Waals surface area contributed by atoms with Gasteiger partial charge in [-0.05, 0) is 48.4 Å². The first kappa shape index (κ1) is 23.0. The number of fused-ring (bicyclic) bond motifs is 3. The van der Waals surface area contributed by atoms with Gasteiger partial charge in [-0.15, -0.1) is 0 Å². The molecule has 6 nitrogen and oxygen atoms in total. The highest BCUT2D eigenvalue weighted by atomic mass is 19.1.